The summed E-state index contributed by atoms with van der Waals surface area (Å²) in [6.45, 7) is 8.98. The SMILES string of the molecule is COC(C)(C)C[C@@H](C)NCC[C@@H](C)O. The van der Waals surface area contributed by atoms with Crippen LogP contribution >= 0.6 is 0 Å². The molecule has 3 nitrogen and oxygen atoms in total. The van der Waals surface area contributed by atoms with E-state index in [9.17, 15) is 0 Å². The second kappa shape index (κ2) is 6.38. The Morgan fingerprint density at radius 2 is 1.93 bits per heavy atom. The van der Waals surface area contributed by atoms with Gasteiger partial charge in [0.1, 0.15) is 0 Å². The molecule has 0 aliphatic heterocycles. The molecule has 0 rings (SSSR count). The van der Waals surface area contributed by atoms with Crippen molar-refractivity contribution >= 4 is 0 Å². The Morgan fingerprint density at radius 3 is 2.36 bits per heavy atom. The van der Waals surface area contributed by atoms with Crippen molar-refractivity contribution in [1.29, 1.82) is 0 Å². The van der Waals surface area contributed by atoms with Crippen LogP contribution in [0.1, 0.15) is 40.5 Å². The average Bonchev–Trinajstić information content (AvgIpc) is 2.02. The first kappa shape index (κ1) is 13.9. The molecule has 0 aromatic heterocycles. The molecule has 86 valence electrons. The Morgan fingerprint density at radius 1 is 1.36 bits per heavy atom. The zero-order valence-electron chi connectivity index (χ0n) is 10.1. The molecule has 0 saturated carbocycles. The minimum atomic E-state index is -0.217. The third-order valence-corrected chi connectivity index (χ3v) is 2.41. The van der Waals surface area contributed by atoms with Crippen LogP contribution in [0.5, 0.6) is 0 Å². The normalized spacial score (nSPS) is 16.7. The van der Waals surface area contributed by atoms with Gasteiger partial charge >= 0.3 is 0 Å². The number of ether oxygens (including phenoxy) is 1. The topological polar surface area (TPSA) is 41.5 Å². The second-order valence-electron chi connectivity index (χ2n) is 4.66. The lowest BCUT2D eigenvalue weighted by Crippen LogP contribution is -2.36. The fourth-order valence-corrected chi connectivity index (χ4v) is 1.43. The lowest BCUT2D eigenvalue weighted by molar-refractivity contribution is 0.00841. The fraction of sp³-hybridized carbons (Fsp3) is 1.00. The van der Waals surface area contributed by atoms with Gasteiger partial charge in [-0.2, -0.15) is 0 Å². The summed E-state index contributed by atoms with van der Waals surface area (Å²) in [4.78, 5) is 0. The summed E-state index contributed by atoms with van der Waals surface area (Å²) in [6.07, 6.45) is 1.56. The van der Waals surface area contributed by atoms with Gasteiger partial charge in [-0.1, -0.05) is 0 Å². The van der Waals surface area contributed by atoms with Gasteiger partial charge in [0.15, 0.2) is 0 Å². The molecule has 14 heavy (non-hydrogen) atoms. The van der Waals surface area contributed by atoms with E-state index < -0.39 is 0 Å². The number of methoxy groups -OCH3 is 1. The smallest absolute Gasteiger partial charge is 0.0637 e. The Bertz CT molecular complexity index is 146. The summed E-state index contributed by atoms with van der Waals surface area (Å²) in [5, 5.41) is 12.4. The van der Waals surface area contributed by atoms with Crippen molar-refractivity contribution in [1.82, 2.24) is 5.32 Å². The van der Waals surface area contributed by atoms with Crippen molar-refractivity contribution in [3.63, 3.8) is 0 Å². The molecule has 0 saturated heterocycles. The minimum Gasteiger partial charge on any atom is -0.393 e. The van der Waals surface area contributed by atoms with Crippen LogP contribution in [0.15, 0.2) is 0 Å². The highest BCUT2D eigenvalue weighted by Gasteiger charge is 2.19. The number of aliphatic hydroxyl groups is 1. The van der Waals surface area contributed by atoms with Gasteiger partial charge in [-0.25, -0.2) is 0 Å². The number of nitrogens with one attached hydrogen (secondary N) is 1. The van der Waals surface area contributed by atoms with E-state index in [-0.39, 0.29) is 11.7 Å². The van der Waals surface area contributed by atoms with E-state index in [1.165, 1.54) is 0 Å². The first-order valence-electron chi connectivity index (χ1n) is 5.34. The summed E-state index contributed by atoms with van der Waals surface area (Å²) in [7, 11) is 1.74. The van der Waals surface area contributed by atoms with Crippen molar-refractivity contribution in [3.8, 4) is 0 Å². The maximum absolute atomic E-state index is 9.08. The summed E-state index contributed by atoms with van der Waals surface area (Å²) in [5.41, 5.74) is -0.0722. The molecule has 2 atom stereocenters. The van der Waals surface area contributed by atoms with E-state index >= 15 is 0 Å². The number of aliphatic hydroxyl groups excluding tert-OH is 1. The molecule has 0 aromatic rings. The molecule has 0 spiro atoms. The van der Waals surface area contributed by atoms with Crippen LogP contribution < -0.4 is 5.32 Å². The lowest BCUT2D eigenvalue weighted by atomic mass is 10.00. The molecule has 0 amide bonds. The van der Waals surface area contributed by atoms with Gasteiger partial charge in [-0.05, 0) is 47.1 Å². The van der Waals surface area contributed by atoms with Crippen molar-refractivity contribution in [2.45, 2.75) is 58.3 Å². The Balaban J connectivity index is 3.60. The molecule has 3 heteroatoms. The first-order valence-corrected chi connectivity index (χ1v) is 5.34. The van der Waals surface area contributed by atoms with Crippen LogP contribution in [0.4, 0.5) is 0 Å². The number of hydrogen-bond donors (Lipinski definition) is 2. The van der Waals surface area contributed by atoms with Gasteiger partial charge in [0, 0.05) is 13.2 Å². The molecule has 0 heterocycles. The van der Waals surface area contributed by atoms with Crippen LogP contribution in [-0.4, -0.2) is 36.5 Å². The zero-order valence-corrected chi connectivity index (χ0v) is 10.1. The fourth-order valence-electron chi connectivity index (χ4n) is 1.43. The Hall–Kier alpha value is -0.120. The van der Waals surface area contributed by atoms with Gasteiger partial charge in [0.25, 0.3) is 0 Å². The summed E-state index contributed by atoms with van der Waals surface area (Å²) < 4.78 is 5.35. The summed E-state index contributed by atoms with van der Waals surface area (Å²) in [5.74, 6) is 0. The van der Waals surface area contributed by atoms with Crippen LogP contribution in [0.2, 0.25) is 0 Å². The lowest BCUT2D eigenvalue weighted by Gasteiger charge is -2.27. The molecule has 0 aromatic carbocycles. The Labute approximate surface area is 87.8 Å². The Kier molecular flexibility index (Phi) is 6.33. The maximum Gasteiger partial charge on any atom is 0.0637 e. The van der Waals surface area contributed by atoms with Gasteiger partial charge in [0.05, 0.1) is 11.7 Å². The highest BCUT2D eigenvalue weighted by Crippen LogP contribution is 2.15. The summed E-state index contributed by atoms with van der Waals surface area (Å²) >= 11 is 0. The maximum atomic E-state index is 9.08. The predicted octanol–water partition coefficient (Wildman–Crippen LogP) is 1.55. The minimum absolute atomic E-state index is 0.0722. The standard InChI is InChI=1S/C11H25NO2/c1-9(8-11(3,4)14-5)12-7-6-10(2)13/h9-10,12-13H,6-8H2,1-5H3/t9-,10-/m1/s1. The van der Waals surface area contributed by atoms with Crippen LogP contribution in [0.3, 0.4) is 0 Å². The zero-order chi connectivity index (χ0) is 11.2. The van der Waals surface area contributed by atoms with Crippen LogP contribution in [0, 0.1) is 0 Å². The molecule has 0 fully saturated rings. The van der Waals surface area contributed by atoms with Gasteiger partial charge < -0.3 is 15.2 Å². The molecule has 2 N–H and O–H groups in total. The van der Waals surface area contributed by atoms with E-state index in [0.29, 0.717) is 6.04 Å². The van der Waals surface area contributed by atoms with Crippen LogP contribution in [-0.2, 0) is 4.74 Å². The van der Waals surface area contributed by atoms with E-state index in [0.717, 1.165) is 19.4 Å². The largest absolute Gasteiger partial charge is 0.393 e. The van der Waals surface area contributed by atoms with Crippen molar-refractivity contribution < 1.29 is 9.84 Å². The second-order valence-corrected chi connectivity index (χ2v) is 4.66. The highest BCUT2D eigenvalue weighted by atomic mass is 16.5. The molecular formula is C11H25NO2. The molecule has 0 bridgehead atoms. The van der Waals surface area contributed by atoms with E-state index in [2.05, 4.69) is 26.1 Å². The third kappa shape index (κ3) is 7.30. The van der Waals surface area contributed by atoms with E-state index in [4.69, 9.17) is 9.84 Å². The van der Waals surface area contributed by atoms with Crippen molar-refractivity contribution in [2.75, 3.05) is 13.7 Å². The predicted molar refractivity (Wildman–Crippen MR) is 59.5 cm³/mol. The van der Waals surface area contributed by atoms with Crippen molar-refractivity contribution in [2.24, 2.45) is 0 Å². The van der Waals surface area contributed by atoms with E-state index in [1.54, 1.807) is 7.11 Å². The number of hydrogen-bond acceptors (Lipinski definition) is 3. The third-order valence-electron chi connectivity index (χ3n) is 2.41. The molecule has 0 aliphatic carbocycles. The molecule has 0 aliphatic rings. The number of rotatable bonds is 7. The summed E-state index contributed by atoms with van der Waals surface area (Å²) in [6, 6.07) is 0.420. The molecular weight excluding hydrogens is 178 g/mol. The van der Waals surface area contributed by atoms with Crippen LogP contribution in [0.25, 0.3) is 0 Å². The van der Waals surface area contributed by atoms with Crippen molar-refractivity contribution in [3.05, 3.63) is 0 Å². The monoisotopic (exact) mass is 203 g/mol. The van der Waals surface area contributed by atoms with Gasteiger partial charge in [0.2, 0.25) is 0 Å². The average molecular weight is 203 g/mol. The quantitative estimate of drug-likeness (QED) is 0.659. The highest BCUT2D eigenvalue weighted by molar-refractivity contribution is 4.75. The van der Waals surface area contributed by atoms with Gasteiger partial charge in [-0.15, -0.1) is 0 Å². The molecule has 0 unspecified atom stereocenters. The first-order chi connectivity index (χ1) is 6.37. The molecule has 0 radical (unpaired) electrons. The van der Waals surface area contributed by atoms with E-state index in [1.807, 2.05) is 6.92 Å². The van der Waals surface area contributed by atoms with Gasteiger partial charge in [-0.3, -0.25) is 0 Å².